The molecule has 0 saturated heterocycles. The molecule has 26 heavy (non-hydrogen) atoms. The van der Waals surface area contributed by atoms with Gasteiger partial charge in [0.05, 0.1) is 18.4 Å². The number of nitrogens with one attached hydrogen (secondary N) is 1. The van der Waals surface area contributed by atoms with Crippen molar-refractivity contribution < 1.29 is 19.1 Å². The van der Waals surface area contributed by atoms with E-state index in [0.29, 0.717) is 22.0 Å². The molecular weight excluding hydrogens is 356 g/mol. The normalized spacial score (nSPS) is 11.8. The van der Waals surface area contributed by atoms with E-state index in [1.54, 1.807) is 24.3 Å². The van der Waals surface area contributed by atoms with E-state index >= 15 is 0 Å². The van der Waals surface area contributed by atoms with Crippen LogP contribution < -0.4 is 10.1 Å². The number of methoxy groups -OCH3 is 1. The molecule has 0 bridgehead atoms. The molecule has 2 aromatic rings. The van der Waals surface area contributed by atoms with Crippen LogP contribution in [-0.2, 0) is 16.1 Å². The maximum Gasteiger partial charge on any atom is 0.340 e. The molecule has 0 saturated carbocycles. The Morgan fingerprint density at radius 3 is 2.54 bits per heavy atom. The number of hydrogen-bond donors (Lipinski definition) is 1. The summed E-state index contributed by atoms with van der Waals surface area (Å²) in [5.41, 5.74) is 2.67. The summed E-state index contributed by atoms with van der Waals surface area (Å²) < 4.78 is 12.5. The van der Waals surface area contributed by atoms with Crippen molar-refractivity contribution in [2.24, 2.45) is 0 Å². The molecule has 1 amide bonds. The maximum atomic E-state index is 12.4. The van der Waals surface area contributed by atoms with E-state index in [4.69, 9.17) is 21.1 Å². The van der Waals surface area contributed by atoms with E-state index in [-0.39, 0.29) is 0 Å². The Morgan fingerprint density at radius 2 is 1.96 bits per heavy atom. The van der Waals surface area contributed by atoms with Crippen molar-refractivity contribution in [1.29, 1.82) is 0 Å². The minimum atomic E-state index is -0.976. The van der Waals surface area contributed by atoms with Crippen LogP contribution in [0.3, 0.4) is 0 Å². The monoisotopic (exact) mass is 378 g/mol. The highest BCUT2D eigenvalue weighted by Crippen LogP contribution is 2.28. The minimum absolute atomic E-state index is 0.414. The molecule has 0 aliphatic rings. The zero-order chi connectivity index (χ0) is 19.4. The Morgan fingerprint density at radius 1 is 1.27 bits per heavy atom. The highest BCUT2D eigenvalue weighted by molar-refractivity contribution is 6.31. The largest absolute Gasteiger partial charge is 0.495 e. The van der Waals surface area contributed by atoms with Crippen molar-refractivity contribution in [2.45, 2.75) is 40.3 Å². The molecule has 1 N–H and O–H groups in total. The second kappa shape index (κ2) is 8.27. The van der Waals surface area contributed by atoms with Crippen molar-refractivity contribution in [2.75, 3.05) is 12.4 Å². The van der Waals surface area contributed by atoms with Crippen LogP contribution in [0.4, 0.5) is 5.69 Å². The van der Waals surface area contributed by atoms with Crippen LogP contribution in [0.5, 0.6) is 5.75 Å². The van der Waals surface area contributed by atoms with Gasteiger partial charge in [0.15, 0.2) is 6.10 Å². The number of anilines is 1. The molecular formula is C19H23ClN2O4. The molecule has 0 radical (unpaired) electrons. The van der Waals surface area contributed by atoms with Gasteiger partial charge >= 0.3 is 5.97 Å². The summed E-state index contributed by atoms with van der Waals surface area (Å²) in [6, 6.07) is 6.64. The quantitative estimate of drug-likeness (QED) is 0.772. The number of esters is 1. The van der Waals surface area contributed by atoms with E-state index in [2.05, 4.69) is 5.32 Å². The summed E-state index contributed by atoms with van der Waals surface area (Å²) in [7, 11) is 1.49. The number of ether oxygens (including phenoxy) is 2. The summed E-state index contributed by atoms with van der Waals surface area (Å²) in [5.74, 6) is -0.533. The van der Waals surface area contributed by atoms with Crippen molar-refractivity contribution >= 4 is 29.2 Å². The standard InChI is InChI=1S/C19H23ClN2O4/c1-6-22-11(2)9-15(12(22)3)19(24)26-13(4)18(23)21-16-10-14(20)7-8-17(16)25-5/h7-10,13H,6H2,1-5H3,(H,21,23)/t13-/m0/s1. The number of halogens is 1. The number of carbonyl (C=O) groups is 2. The number of benzene rings is 1. The number of carbonyl (C=O) groups excluding carboxylic acids is 2. The predicted octanol–water partition coefficient (Wildman–Crippen LogP) is 3.97. The third-order valence-corrected chi connectivity index (χ3v) is 4.42. The van der Waals surface area contributed by atoms with Crippen molar-refractivity contribution in [1.82, 2.24) is 4.57 Å². The van der Waals surface area contributed by atoms with Gasteiger partial charge in [-0.15, -0.1) is 0 Å². The first-order chi connectivity index (χ1) is 12.3. The molecule has 0 fully saturated rings. The molecule has 0 unspecified atom stereocenters. The number of rotatable bonds is 6. The van der Waals surface area contributed by atoms with Crippen molar-refractivity contribution in [3.63, 3.8) is 0 Å². The van der Waals surface area contributed by atoms with Crippen LogP contribution in [0.25, 0.3) is 0 Å². The molecule has 1 heterocycles. The molecule has 0 aliphatic carbocycles. The summed E-state index contributed by atoms with van der Waals surface area (Å²) in [4.78, 5) is 24.8. The molecule has 0 aliphatic heterocycles. The van der Waals surface area contributed by atoms with Crippen molar-refractivity contribution in [3.8, 4) is 5.75 Å². The van der Waals surface area contributed by atoms with E-state index in [1.807, 2.05) is 25.3 Å². The average Bonchev–Trinajstić information content (AvgIpc) is 2.88. The number of hydrogen-bond acceptors (Lipinski definition) is 4. The second-order valence-electron chi connectivity index (χ2n) is 5.91. The Labute approximate surface area is 158 Å². The Kier molecular flexibility index (Phi) is 6.32. The second-order valence-corrected chi connectivity index (χ2v) is 6.35. The summed E-state index contributed by atoms with van der Waals surface area (Å²) in [5, 5.41) is 3.13. The van der Waals surface area contributed by atoms with Gasteiger partial charge in [0.1, 0.15) is 5.75 Å². The van der Waals surface area contributed by atoms with Gasteiger partial charge in [0, 0.05) is 23.0 Å². The Balaban J connectivity index is 2.10. The Bertz CT molecular complexity index is 829. The first-order valence-electron chi connectivity index (χ1n) is 8.30. The van der Waals surface area contributed by atoms with Crippen LogP contribution in [0.2, 0.25) is 5.02 Å². The fraction of sp³-hybridized carbons (Fsp3) is 0.368. The molecule has 6 nitrogen and oxygen atoms in total. The van der Waals surface area contributed by atoms with Crippen LogP contribution in [0.15, 0.2) is 24.3 Å². The lowest BCUT2D eigenvalue weighted by molar-refractivity contribution is -0.123. The van der Waals surface area contributed by atoms with Crippen molar-refractivity contribution in [3.05, 3.63) is 46.2 Å². The fourth-order valence-corrected chi connectivity index (χ4v) is 2.96. The van der Waals surface area contributed by atoms with Crippen LogP contribution >= 0.6 is 11.6 Å². The summed E-state index contributed by atoms with van der Waals surface area (Å²) in [6.45, 7) is 8.06. The first kappa shape index (κ1) is 19.8. The summed E-state index contributed by atoms with van der Waals surface area (Å²) >= 11 is 5.95. The van der Waals surface area contributed by atoms with E-state index < -0.39 is 18.0 Å². The first-order valence-corrected chi connectivity index (χ1v) is 8.68. The third-order valence-electron chi connectivity index (χ3n) is 4.18. The average molecular weight is 379 g/mol. The molecule has 7 heteroatoms. The van der Waals surface area contributed by atoms with E-state index in [9.17, 15) is 9.59 Å². The lowest BCUT2D eigenvalue weighted by Gasteiger charge is -2.15. The van der Waals surface area contributed by atoms with E-state index in [1.165, 1.54) is 14.0 Å². The fourth-order valence-electron chi connectivity index (χ4n) is 2.78. The van der Waals surface area contributed by atoms with Gasteiger partial charge in [0.25, 0.3) is 5.91 Å². The van der Waals surface area contributed by atoms with Gasteiger partial charge in [-0.2, -0.15) is 0 Å². The number of amides is 1. The smallest absolute Gasteiger partial charge is 0.340 e. The Hall–Kier alpha value is -2.47. The lowest BCUT2D eigenvalue weighted by atomic mass is 10.2. The maximum absolute atomic E-state index is 12.4. The highest BCUT2D eigenvalue weighted by atomic mass is 35.5. The predicted molar refractivity (Wildman–Crippen MR) is 101 cm³/mol. The number of nitrogens with zero attached hydrogens (tertiary/aromatic N) is 1. The van der Waals surface area contributed by atoms with Gasteiger partial charge in [0.2, 0.25) is 0 Å². The topological polar surface area (TPSA) is 69.6 Å². The lowest BCUT2D eigenvalue weighted by Crippen LogP contribution is -2.30. The van der Waals surface area contributed by atoms with Gasteiger partial charge < -0.3 is 19.4 Å². The molecule has 1 atom stereocenters. The van der Waals surface area contributed by atoms with Crippen LogP contribution in [-0.4, -0.2) is 29.7 Å². The molecule has 140 valence electrons. The highest BCUT2D eigenvalue weighted by Gasteiger charge is 2.23. The van der Waals surface area contributed by atoms with E-state index in [0.717, 1.165) is 17.9 Å². The third kappa shape index (κ3) is 4.19. The van der Waals surface area contributed by atoms with Gasteiger partial charge in [-0.05, 0) is 52.0 Å². The van der Waals surface area contributed by atoms with Gasteiger partial charge in [-0.25, -0.2) is 4.79 Å². The molecule has 2 rings (SSSR count). The van der Waals surface area contributed by atoms with Gasteiger partial charge in [-0.3, -0.25) is 4.79 Å². The minimum Gasteiger partial charge on any atom is -0.495 e. The van der Waals surface area contributed by atoms with Crippen LogP contribution in [0.1, 0.15) is 35.6 Å². The molecule has 1 aromatic heterocycles. The molecule has 1 aromatic carbocycles. The number of aromatic nitrogens is 1. The number of aryl methyl sites for hydroxylation is 1. The SMILES string of the molecule is CCn1c(C)cc(C(=O)O[C@@H](C)C(=O)Nc2cc(Cl)ccc2OC)c1C. The zero-order valence-corrected chi connectivity index (χ0v) is 16.3. The summed E-state index contributed by atoms with van der Waals surface area (Å²) in [6.07, 6.45) is -0.976. The zero-order valence-electron chi connectivity index (χ0n) is 15.6. The van der Waals surface area contributed by atoms with Gasteiger partial charge in [-0.1, -0.05) is 11.6 Å². The van der Waals surface area contributed by atoms with Crippen LogP contribution in [0, 0.1) is 13.8 Å². The molecule has 0 spiro atoms.